The molecule has 1 amide bonds. The van der Waals surface area contributed by atoms with E-state index in [1.807, 2.05) is 0 Å². The molecule has 4 nitrogen and oxygen atoms in total. The smallest absolute Gasteiger partial charge is 0.259 e. The molecular weight excluding hydrogens is 317 g/mol. The number of likely N-dealkylation sites (tertiary alicyclic amines) is 1. The van der Waals surface area contributed by atoms with Gasteiger partial charge in [-0.1, -0.05) is 6.07 Å². The highest BCUT2D eigenvalue weighted by molar-refractivity contribution is 9.10. The largest absolute Gasteiger partial charge is 0.386 e. The van der Waals surface area contributed by atoms with Gasteiger partial charge in [0, 0.05) is 0 Å². The summed E-state index contributed by atoms with van der Waals surface area (Å²) < 4.78 is 13.4. The van der Waals surface area contributed by atoms with E-state index in [9.17, 15) is 19.4 Å². The summed E-state index contributed by atoms with van der Waals surface area (Å²) in [6.07, 6.45) is 0. The molecule has 1 heterocycles. The van der Waals surface area contributed by atoms with Crippen molar-refractivity contribution in [3.63, 3.8) is 0 Å². The van der Waals surface area contributed by atoms with Crippen molar-refractivity contribution in [2.45, 2.75) is 25.0 Å². The Morgan fingerprint density at radius 1 is 1.53 bits per heavy atom. The third kappa shape index (κ3) is 2.66. The summed E-state index contributed by atoms with van der Waals surface area (Å²) in [6.45, 7) is 3.36. The van der Waals surface area contributed by atoms with E-state index >= 15 is 0 Å². The van der Waals surface area contributed by atoms with E-state index in [0.29, 0.717) is 5.56 Å². The second-order valence-electron chi connectivity index (χ2n) is 5.36. The van der Waals surface area contributed by atoms with Crippen LogP contribution in [0.5, 0.6) is 0 Å². The number of halogens is 2. The third-order valence-electron chi connectivity index (χ3n) is 3.25. The van der Waals surface area contributed by atoms with Crippen LogP contribution in [-0.2, 0) is 10.4 Å². The van der Waals surface area contributed by atoms with Crippen LogP contribution in [0.2, 0.25) is 0 Å². The van der Waals surface area contributed by atoms with Gasteiger partial charge < -0.3 is 15.1 Å². The maximum Gasteiger partial charge on any atom is 0.259 e. The molecule has 0 bridgehead atoms. The Morgan fingerprint density at radius 3 is 2.58 bits per heavy atom. The van der Waals surface area contributed by atoms with Crippen LogP contribution in [0.3, 0.4) is 0 Å². The Morgan fingerprint density at radius 2 is 2.11 bits per heavy atom. The first-order chi connectivity index (χ1) is 8.63. The number of carbonyl (C=O) groups excluding carboxylic acids is 1. The molecule has 1 aromatic carbocycles. The van der Waals surface area contributed by atoms with Crippen LogP contribution in [0, 0.1) is 5.82 Å². The lowest BCUT2D eigenvalue weighted by Crippen LogP contribution is -2.64. The van der Waals surface area contributed by atoms with E-state index in [-0.39, 0.29) is 17.6 Å². The molecule has 1 aromatic rings. The second-order valence-corrected chi connectivity index (χ2v) is 6.21. The lowest BCUT2D eigenvalue weighted by molar-refractivity contribution is -0.170. The number of aliphatic hydroxyl groups is 2. The molecule has 0 aliphatic carbocycles. The molecule has 1 aliphatic rings. The van der Waals surface area contributed by atoms with Gasteiger partial charge in [-0.2, -0.15) is 0 Å². The third-order valence-corrected chi connectivity index (χ3v) is 3.86. The van der Waals surface area contributed by atoms with Crippen LogP contribution in [0.15, 0.2) is 22.7 Å². The molecule has 6 heteroatoms. The molecule has 2 N–H and O–H groups in total. The highest BCUT2D eigenvalue weighted by Crippen LogP contribution is 2.30. The summed E-state index contributed by atoms with van der Waals surface area (Å²) in [5.74, 6) is -0.962. The minimum atomic E-state index is -1.74. The van der Waals surface area contributed by atoms with E-state index in [0.717, 1.165) is 0 Å². The van der Waals surface area contributed by atoms with Crippen LogP contribution in [0.25, 0.3) is 0 Å². The van der Waals surface area contributed by atoms with Crippen LogP contribution < -0.4 is 0 Å². The lowest BCUT2D eigenvalue weighted by atomic mass is 9.89. The average Bonchev–Trinajstić information content (AvgIpc) is 2.28. The quantitative estimate of drug-likeness (QED) is 0.860. The number of nitrogens with zero attached hydrogens (tertiary/aromatic N) is 1. The van der Waals surface area contributed by atoms with E-state index in [1.54, 1.807) is 6.92 Å². The summed E-state index contributed by atoms with van der Waals surface area (Å²) in [7, 11) is 0. The summed E-state index contributed by atoms with van der Waals surface area (Å²) in [6, 6.07) is 3.94. The summed E-state index contributed by atoms with van der Waals surface area (Å²) in [5, 5.41) is 20.0. The molecule has 1 atom stereocenters. The molecule has 0 radical (unpaired) electrons. The fourth-order valence-corrected chi connectivity index (χ4v) is 2.53. The number of hydrogen-bond acceptors (Lipinski definition) is 3. The van der Waals surface area contributed by atoms with Crippen LogP contribution in [-0.4, -0.2) is 39.7 Å². The first-order valence-electron chi connectivity index (χ1n) is 5.83. The molecule has 0 unspecified atom stereocenters. The van der Waals surface area contributed by atoms with Crippen LogP contribution in [0.1, 0.15) is 19.4 Å². The van der Waals surface area contributed by atoms with Crippen molar-refractivity contribution in [2.24, 2.45) is 0 Å². The Kier molecular flexibility index (Phi) is 3.45. The zero-order valence-electron chi connectivity index (χ0n) is 10.7. The zero-order chi connectivity index (χ0) is 14.4. The number of hydrogen-bond donors (Lipinski definition) is 2. The summed E-state index contributed by atoms with van der Waals surface area (Å²) >= 11 is 3.02. The SMILES string of the molecule is CC1(O)CN(C(=O)[C@](C)(O)c2ccc(F)c(Br)c2)C1. The monoisotopic (exact) mass is 331 g/mol. The van der Waals surface area contributed by atoms with Gasteiger partial charge in [-0.3, -0.25) is 4.79 Å². The number of amides is 1. The predicted molar refractivity (Wildman–Crippen MR) is 70.9 cm³/mol. The summed E-state index contributed by atoms with van der Waals surface area (Å²) in [4.78, 5) is 13.6. The molecule has 0 spiro atoms. The first kappa shape index (κ1) is 14.4. The molecule has 0 saturated carbocycles. The van der Waals surface area contributed by atoms with Gasteiger partial charge >= 0.3 is 0 Å². The summed E-state index contributed by atoms with van der Waals surface area (Å²) in [5.41, 5.74) is -2.33. The van der Waals surface area contributed by atoms with Crippen molar-refractivity contribution >= 4 is 21.8 Å². The van der Waals surface area contributed by atoms with E-state index in [2.05, 4.69) is 15.9 Å². The lowest BCUT2D eigenvalue weighted by Gasteiger charge is -2.46. The molecule has 104 valence electrons. The highest BCUT2D eigenvalue weighted by atomic mass is 79.9. The maximum atomic E-state index is 13.2. The number of β-amino-alcohol motifs (C(OH)–C–C–N with tert-alkyl or cyclic N) is 1. The van der Waals surface area contributed by atoms with Gasteiger partial charge in [0.2, 0.25) is 0 Å². The number of rotatable bonds is 2. The fourth-order valence-electron chi connectivity index (χ4n) is 2.15. The van der Waals surface area contributed by atoms with Crippen molar-refractivity contribution < 1.29 is 19.4 Å². The molecule has 2 rings (SSSR count). The Labute approximate surface area is 119 Å². The average molecular weight is 332 g/mol. The van der Waals surface area contributed by atoms with Gasteiger partial charge in [-0.05, 0) is 47.5 Å². The van der Waals surface area contributed by atoms with Gasteiger partial charge in [0.15, 0.2) is 5.60 Å². The number of carbonyl (C=O) groups is 1. The van der Waals surface area contributed by atoms with Gasteiger partial charge in [0.1, 0.15) is 5.82 Å². The maximum absolute atomic E-state index is 13.2. The van der Waals surface area contributed by atoms with Crippen LogP contribution >= 0.6 is 15.9 Å². The van der Waals surface area contributed by atoms with Crippen molar-refractivity contribution in [1.82, 2.24) is 4.90 Å². The highest BCUT2D eigenvalue weighted by Gasteiger charge is 2.46. The van der Waals surface area contributed by atoms with Gasteiger partial charge in [-0.25, -0.2) is 4.39 Å². The van der Waals surface area contributed by atoms with E-state index < -0.39 is 22.9 Å². The zero-order valence-corrected chi connectivity index (χ0v) is 12.2. The Hall–Kier alpha value is -0.980. The minimum Gasteiger partial charge on any atom is -0.386 e. The molecule has 1 fully saturated rings. The van der Waals surface area contributed by atoms with E-state index in [1.165, 1.54) is 30.0 Å². The van der Waals surface area contributed by atoms with Gasteiger partial charge in [0.05, 0.1) is 23.2 Å². The fraction of sp³-hybridized carbons (Fsp3) is 0.462. The topological polar surface area (TPSA) is 60.8 Å². The van der Waals surface area contributed by atoms with Crippen molar-refractivity contribution in [1.29, 1.82) is 0 Å². The molecule has 19 heavy (non-hydrogen) atoms. The van der Waals surface area contributed by atoms with Crippen LogP contribution in [0.4, 0.5) is 4.39 Å². The normalized spacial score (nSPS) is 20.6. The molecule has 0 aromatic heterocycles. The predicted octanol–water partition coefficient (Wildman–Crippen LogP) is 1.39. The van der Waals surface area contributed by atoms with Gasteiger partial charge in [-0.15, -0.1) is 0 Å². The van der Waals surface area contributed by atoms with Crippen molar-refractivity contribution in [3.05, 3.63) is 34.1 Å². The van der Waals surface area contributed by atoms with Gasteiger partial charge in [0.25, 0.3) is 5.91 Å². The molecular formula is C13H15BrFNO3. The number of benzene rings is 1. The second kappa shape index (κ2) is 4.54. The molecule has 1 aliphatic heterocycles. The standard InChI is InChI=1S/C13H15BrFNO3/c1-12(18)6-16(7-12)11(17)13(2,19)8-3-4-10(15)9(14)5-8/h3-5,18-19H,6-7H2,1-2H3/t13-/m1/s1. The Bertz CT molecular complexity index is 523. The van der Waals surface area contributed by atoms with Crippen molar-refractivity contribution in [3.8, 4) is 0 Å². The van der Waals surface area contributed by atoms with Crippen molar-refractivity contribution in [2.75, 3.05) is 13.1 Å². The minimum absolute atomic E-state index is 0.185. The Balaban J connectivity index is 2.22. The van der Waals surface area contributed by atoms with E-state index in [4.69, 9.17) is 0 Å². The molecule has 1 saturated heterocycles. The first-order valence-corrected chi connectivity index (χ1v) is 6.62.